The Balaban J connectivity index is 2.51. The lowest BCUT2D eigenvalue weighted by Crippen LogP contribution is -2.46. The van der Waals surface area contributed by atoms with Crippen LogP contribution in [0, 0.1) is 5.92 Å². The molecule has 2 rings (SSSR count). The number of nitrogen functional groups attached to an aromatic ring is 1. The van der Waals surface area contributed by atoms with Crippen LogP contribution in [0.3, 0.4) is 0 Å². The number of hydrogen-bond acceptors (Lipinski definition) is 9. The van der Waals surface area contributed by atoms with Crippen molar-refractivity contribution in [2.24, 2.45) is 11.0 Å². The molecule has 1 aromatic heterocycles. The third-order valence-corrected chi connectivity index (χ3v) is 3.67. The number of azide groups is 1. The largest absolute Gasteiger partial charge is 0.454 e. The second-order valence-electron chi connectivity index (χ2n) is 5.74. The van der Waals surface area contributed by atoms with E-state index < -0.39 is 48.3 Å². The van der Waals surface area contributed by atoms with E-state index in [0.717, 1.165) is 4.57 Å². The van der Waals surface area contributed by atoms with Crippen molar-refractivity contribution in [2.45, 2.75) is 38.0 Å². The summed E-state index contributed by atoms with van der Waals surface area (Å²) in [7, 11) is 0. The van der Waals surface area contributed by atoms with Crippen molar-refractivity contribution in [1.29, 1.82) is 0 Å². The molecular formula is C13H18N6O6. The van der Waals surface area contributed by atoms with E-state index in [-0.39, 0.29) is 5.82 Å². The van der Waals surface area contributed by atoms with E-state index >= 15 is 0 Å². The summed E-state index contributed by atoms with van der Waals surface area (Å²) in [5.41, 5.74) is 11.2. The lowest BCUT2D eigenvalue weighted by molar-refractivity contribution is -0.162. The summed E-state index contributed by atoms with van der Waals surface area (Å²) in [6.07, 6.45) is -3.29. The Morgan fingerprint density at radius 1 is 1.68 bits per heavy atom. The third-order valence-electron chi connectivity index (χ3n) is 3.67. The number of rotatable bonds is 5. The highest BCUT2D eigenvalue weighted by Crippen LogP contribution is 2.39. The van der Waals surface area contributed by atoms with Crippen molar-refractivity contribution in [3.8, 4) is 0 Å². The molecular weight excluding hydrogens is 336 g/mol. The average molecular weight is 354 g/mol. The van der Waals surface area contributed by atoms with Crippen LogP contribution in [0.4, 0.5) is 5.82 Å². The zero-order chi connectivity index (χ0) is 18.8. The Labute approximate surface area is 141 Å². The van der Waals surface area contributed by atoms with Gasteiger partial charge < -0.3 is 25.4 Å². The summed E-state index contributed by atoms with van der Waals surface area (Å²) in [4.78, 5) is 30.1. The van der Waals surface area contributed by atoms with Crippen LogP contribution in [-0.2, 0) is 14.3 Å². The topological polar surface area (TPSA) is 186 Å². The van der Waals surface area contributed by atoms with Crippen molar-refractivity contribution >= 4 is 11.8 Å². The van der Waals surface area contributed by atoms with Gasteiger partial charge in [0.2, 0.25) is 5.72 Å². The number of nitrogens with two attached hydrogens (primary N) is 1. The Hall–Kier alpha value is -2.66. The summed E-state index contributed by atoms with van der Waals surface area (Å²) in [5.74, 6) is -1.25. The van der Waals surface area contributed by atoms with E-state index in [9.17, 15) is 19.8 Å². The maximum Gasteiger partial charge on any atom is 0.351 e. The second kappa shape index (κ2) is 7.07. The van der Waals surface area contributed by atoms with Crippen LogP contribution in [0.15, 0.2) is 22.2 Å². The van der Waals surface area contributed by atoms with E-state index in [1.807, 2.05) is 0 Å². The SMILES string of the molecule is CC(C)C(=O)O[C@H]1[C@H](n2ccc(N)nc2=O)O[C@@](CO)(N=[N+]=[N-])[C@H]1O. The fourth-order valence-corrected chi connectivity index (χ4v) is 2.31. The molecule has 12 nitrogen and oxygen atoms in total. The molecule has 1 fully saturated rings. The van der Waals surface area contributed by atoms with Crippen molar-refractivity contribution in [3.05, 3.63) is 33.2 Å². The first-order chi connectivity index (χ1) is 11.8. The zero-order valence-electron chi connectivity index (χ0n) is 13.5. The molecule has 1 saturated heterocycles. The molecule has 0 bridgehead atoms. The normalized spacial score (nSPS) is 28.6. The maximum atomic E-state index is 12.1. The molecule has 25 heavy (non-hydrogen) atoms. The number of anilines is 1. The average Bonchev–Trinajstić information content (AvgIpc) is 2.81. The van der Waals surface area contributed by atoms with Gasteiger partial charge in [-0.05, 0) is 11.6 Å². The first kappa shape index (κ1) is 18.7. The minimum Gasteiger partial charge on any atom is -0.454 e. The van der Waals surface area contributed by atoms with Crippen LogP contribution in [0.1, 0.15) is 20.1 Å². The summed E-state index contributed by atoms with van der Waals surface area (Å²) in [6, 6.07) is 1.30. The number of carbonyl (C=O) groups is 1. The molecule has 0 unspecified atom stereocenters. The summed E-state index contributed by atoms with van der Waals surface area (Å²) >= 11 is 0. The first-order valence-electron chi connectivity index (χ1n) is 7.34. The summed E-state index contributed by atoms with van der Waals surface area (Å²) in [6.45, 7) is 2.24. The molecule has 4 atom stereocenters. The lowest BCUT2D eigenvalue weighted by Gasteiger charge is -2.24. The van der Waals surface area contributed by atoms with Crippen molar-refractivity contribution in [3.63, 3.8) is 0 Å². The van der Waals surface area contributed by atoms with Gasteiger partial charge in [0, 0.05) is 11.1 Å². The molecule has 136 valence electrons. The van der Waals surface area contributed by atoms with Gasteiger partial charge in [-0.2, -0.15) is 4.98 Å². The number of nitrogens with zero attached hydrogens (tertiary/aromatic N) is 5. The number of hydrogen-bond donors (Lipinski definition) is 3. The molecule has 1 aliphatic rings. The number of aromatic nitrogens is 2. The molecule has 1 aromatic rings. The number of aliphatic hydroxyl groups excluding tert-OH is 2. The zero-order valence-corrected chi connectivity index (χ0v) is 13.5. The third kappa shape index (κ3) is 3.42. The lowest BCUT2D eigenvalue weighted by atomic mass is 10.1. The number of aliphatic hydroxyl groups is 2. The van der Waals surface area contributed by atoms with Crippen LogP contribution in [0.2, 0.25) is 0 Å². The predicted molar refractivity (Wildman–Crippen MR) is 82.7 cm³/mol. The monoisotopic (exact) mass is 354 g/mol. The molecule has 0 radical (unpaired) electrons. The molecule has 0 aliphatic carbocycles. The van der Waals surface area contributed by atoms with Gasteiger partial charge in [-0.25, -0.2) is 4.79 Å². The minimum atomic E-state index is -2.12. The molecule has 0 spiro atoms. The molecule has 4 N–H and O–H groups in total. The van der Waals surface area contributed by atoms with E-state index in [1.54, 1.807) is 13.8 Å². The fourth-order valence-electron chi connectivity index (χ4n) is 2.31. The van der Waals surface area contributed by atoms with Gasteiger partial charge >= 0.3 is 11.7 Å². The maximum absolute atomic E-state index is 12.1. The standard InChI is InChI=1S/C13H18N6O6/c1-6(2)11(22)24-8-9(21)13(5-20,17-18-15)25-10(8)19-4-3-7(14)16-12(19)23/h3-4,6,8-10,20-21H,5H2,1-2H3,(H2,14,16,23)/t8-,9+,10-,13-/m1/s1. The van der Waals surface area contributed by atoms with Crippen LogP contribution >= 0.6 is 0 Å². The Kier molecular flexibility index (Phi) is 5.28. The highest BCUT2D eigenvalue weighted by atomic mass is 16.6. The van der Waals surface area contributed by atoms with E-state index in [1.165, 1.54) is 12.3 Å². The quantitative estimate of drug-likeness (QED) is 0.267. The van der Waals surface area contributed by atoms with Gasteiger partial charge in [0.15, 0.2) is 12.3 Å². The Morgan fingerprint density at radius 3 is 2.88 bits per heavy atom. The van der Waals surface area contributed by atoms with Gasteiger partial charge in [-0.3, -0.25) is 9.36 Å². The van der Waals surface area contributed by atoms with Crippen LogP contribution in [0.5, 0.6) is 0 Å². The molecule has 2 heterocycles. The number of esters is 1. The molecule has 1 aliphatic heterocycles. The van der Waals surface area contributed by atoms with Crippen molar-refractivity contribution in [2.75, 3.05) is 12.3 Å². The smallest absolute Gasteiger partial charge is 0.351 e. The summed E-state index contributed by atoms with van der Waals surface area (Å²) < 4.78 is 11.6. The first-order valence-corrected chi connectivity index (χ1v) is 7.34. The molecule has 12 heteroatoms. The predicted octanol–water partition coefficient (Wildman–Crippen LogP) is -0.718. The van der Waals surface area contributed by atoms with Gasteiger partial charge in [0.05, 0.1) is 12.5 Å². The van der Waals surface area contributed by atoms with Crippen molar-refractivity contribution in [1.82, 2.24) is 9.55 Å². The molecule has 0 amide bonds. The van der Waals surface area contributed by atoms with Crippen molar-refractivity contribution < 1.29 is 24.5 Å². The van der Waals surface area contributed by atoms with Crippen LogP contribution in [0.25, 0.3) is 10.4 Å². The van der Waals surface area contributed by atoms with Gasteiger partial charge in [-0.1, -0.05) is 19.0 Å². The van der Waals surface area contributed by atoms with Crippen LogP contribution in [-0.4, -0.2) is 50.3 Å². The van der Waals surface area contributed by atoms with Gasteiger partial charge in [0.1, 0.15) is 11.9 Å². The Morgan fingerprint density at radius 2 is 2.36 bits per heavy atom. The Bertz CT molecular complexity index is 760. The van der Waals surface area contributed by atoms with E-state index in [4.69, 9.17) is 20.7 Å². The highest BCUT2D eigenvalue weighted by molar-refractivity contribution is 5.71. The fraction of sp³-hybridized carbons (Fsp3) is 0.615. The molecule has 0 saturated carbocycles. The van der Waals surface area contributed by atoms with Gasteiger partial charge in [0.25, 0.3) is 0 Å². The van der Waals surface area contributed by atoms with Crippen LogP contribution < -0.4 is 11.4 Å². The van der Waals surface area contributed by atoms with Gasteiger partial charge in [-0.15, -0.1) is 0 Å². The van der Waals surface area contributed by atoms with E-state index in [2.05, 4.69) is 15.0 Å². The highest BCUT2D eigenvalue weighted by Gasteiger charge is 2.57. The molecule has 0 aromatic carbocycles. The minimum absolute atomic E-state index is 0.0426. The van der Waals surface area contributed by atoms with E-state index in [0.29, 0.717) is 0 Å². The summed E-state index contributed by atoms with van der Waals surface area (Å²) in [5, 5.41) is 23.3. The number of ether oxygens (including phenoxy) is 2. The number of carbonyl (C=O) groups excluding carboxylic acids is 1. The second-order valence-corrected chi connectivity index (χ2v) is 5.74.